The maximum absolute atomic E-state index is 11.5. The van der Waals surface area contributed by atoms with E-state index in [1.165, 1.54) is 39.0 Å². The smallest absolute Gasteiger partial charge is 0.217 e. The summed E-state index contributed by atoms with van der Waals surface area (Å²) in [4.78, 5) is 11.5. The Balaban J connectivity index is 1.55. The number of aliphatic hydroxyl groups excluding tert-OH is 3. The number of hydrogen-bond donors (Lipinski definition) is 4. The molecule has 3 fully saturated rings. The fourth-order valence-electron chi connectivity index (χ4n) is 5.02. The molecule has 3 aliphatic rings. The first-order valence-electron chi connectivity index (χ1n) is 10.3. The van der Waals surface area contributed by atoms with Crippen molar-refractivity contribution >= 4 is 5.91 Å². The highest BCUT2D eigenvalue weighted by Gasteiger charge is 2.46. The largest absolute Gasteiger partial charge is 0.394 e. The van der Waals surface area contributed by atoms with Crippen LogP contribution in [-0.2, 0) is 14.3 Å². The van der Waals surface area contributed by atoms with Gasteiger partial charge in [0, 0.05) is 6.92 Å². The van der Waals surface area contributed by atoms with Crippen molar-refractivity contribution in [1.82, 2.24) is 5.32 Å². The highest BCUT2D eigenvalue weighted by atomic mass is 16.7. The predicted molar refractivity (Wildman–Crippen MR) is 98.7 cm³/mol. The fraction of sp³-hybridized carbons (Fsp3) is 0.950. The van der Waals surface area contributed by atoms with Gasteiger partial charge in [-0.05, 0) is 42.9 Å². The first-order valence-corrected chi connectivity index (χ1v) is 10.3. The molecule has 1 saturated heterocycles. The summed E-state index contributed by atoms with van der Waals surface area (Å²) >= 11 is 0. The van der Waals surface area contributed by atoms with Crippen LogP contribution in [0.2, 0.25) is 0 Å². The molecule has 1 aliphatic heterocycles. The van der Waals surface area contributed by atoms with Crippen molar-refractivity contribution in [3.05, 3.63) is 0 Å². The Morgan fingerprint density at radius 1 is 1.22 bits per heavy atom. The maximum atomic E-state index is 11.5. The molecule has 0 radical (unpaired) electrons. The second-order valence-corrected chi connectivity index (χ2v) is 9.19. The Bertz CT molecular complexity index is 513. The number of ether oxygens (including phenoxy) is 2. The SMILES string of the molecule is CC(=O)NC1C(O)[C@@H](O)C(CO)O[C@@H]1OCC1CCC(C)(CC2CCC2)C1. The lowest BCUT2D eigenvalue weighted by Crippen LogP contribution is -2.64. The number of amides is 1. The number of hydrogen-bond acceptors (Lipinski definition) is 6. The van der Waals surface area contributed by atoms with E-state index < -0.39 is 37.3 Å². The summed E-state index contributed by atoms with van der Waals surface area (Å²) in [7, 11) is 0. The van der Waals surface area contributed by atoms with Crippen molar-refractivity contribution in [2.24, 2.45) is 17.3 Å². The summed E-state index contributed by atoms with van der Waals surface area (Å²) in [5.41, 5.74) is 0.382. The molecule has 0 spiro atoms. The summed E-state index contributed by atoms with van der Waals surface area (Å²) in [5.74, 6) is 0.982. The van der Waals surface area contributed by atoms with Crippen molar-refractivity contribution < 1.29 is 29.6 Å². The Hall–Kier alpha value is -0.730. The van der Waals surface area contributed by atoms with Crippen molar-refractivity contribution in [3.8, 4) is 0 Å². The average molecular weight is 386 g/mol. The molecule has 0 bridgehead atoms. The van der Waals surface area contributed by atoms with Gasteiger partial charge in [0.1, 0.15) is 24.4 Å². The fourth-order valence-corrected chi connectivity index (χ4v) is 5.02. The van der Waals surface area contributed by atoms with Gasteiger partial charge in [-0.3, -0.25) is 4.79 Å². The molecule has 1 amide bonds. The molecule has 7 atom stereocenters. The third-order valence-electron chi connectivity index (χ3n) is 6.69. The van der Waals surface area contributed by atoms with Crippen LogP contribution in [0.15, 0.2) is 0 Å². The zero-order valence-corrected chi connectivity index (χ0v) is 16.5. The quantitative estimate of drug-likeness (QED) is 0.520. The van der Waals surface area contributed by atoms with E-state index in [-0.39, 0.29) is 5.91 Å². The molecule has 0 aromatic rings. The van der Waals surface area contributed by atoms with Crippen LogP contribution in [0.4, 0.5) is 0 Å². The van der Waals surface area contributed by atoms with E-state index >= 15 is 0 Å². The monoisotopic (exact) mass is 385 g/mol. The molecule has 3 rings (SSSR count). The summed E-state index contributed by atoms with van der Waals surface area (Å²) in [6.45, 7) is 3.79. The van der Waals surface area contributed by atoms with Gasteiger partial charge < -0.3 is 30.1 Å². The summed E-state index contributed by atoms with van der Waals surface area (Å²) in [5, 5.41) is 32.4. The Kier molecular flexibility index (Phi) is 6.79. The van der Waals surface area contributed by atoms with Crippen molar-refractivity contribution in [3.63, 3.8) is 0 Å². The topological polar surface area (TPSA) is 108 Å². The van der Waals surface area contributed by atoms with Crippen LogP contribution in [0, 0.1) is 17.3 Å². The van der Waals surface area contributed by atoms with Crippen LogP contribution >= 0.6 is 0 Å². The molecule has 4 N–H and O–H groups in total. The molecule has 7 heteroatoms. The van der Waals surface area contributed by atoms with Gasteiger partial charge in [0.05, 0.1) is 13.2 Å². The van der Waals surface area contributed by atoms with E-state index in [2.05, 4.69) is 12.2 Å². The third-order valence-corrected chi connectivity index (χ3v) is 6.69. The zero-order chi connectivity index (χ0) is 19.6. The minimum Gasteiger partial charge on any atom is -0.394 e. The highest BCUT2D eigenvalue weighted by molar-refractivity contribution is 5.73. The van der Waals surface area contributed by atoms with Crippen LogP contribution in [0.3, 0.4) is 0 Å². The molecule has 156 valence electrons. The van der Waals surface area contributed by atoms with Gasteiger partial charge in [-0.15, -0.1) is 0 Å². The van der Waals surface area contributed by atoms with Gasteiger partial charge >= 0.3 is 0 Å². The van der Waals surface area contributed by atoms with Crippen LogP contribution in [-0.4, -0.2) is 65.1 Å². The molecule has 7 nitrogen and oxygen atoms in total. The minimum absolute atomic E-state index is 0.333. The Labute approximate surface area is 161 Å². The van der Waals surface area contributed by atoms with Gasteiger partial charge in [-0.1, -0.05) is 26.2 Å². The molecule has 0 aromatic carbocycles. The van der Waals surface area contributed by atoms with Crippen LogP contribution in [0.25, 0.3) is 0 Å². The maximum Gasteiger partial charge on any atom is 0.217 e. The molecule has 1 heterocycles. The van der Waals surface area contributed by atoms with E-state index in [0.29, 0.717) is 17.9 Å². The van der Waals surface area contributed by atoms with Gasteiger partial charge in [0.15, 0.2) is 6.29 Å². The van der Waals surface area contributed by atoms with E-state index in [0.717, 1.165) is 18.8 Å². The van der Waals surface area contributed by atoms with Crippen LogP contribution < -0.4 is 5.32 Å². The average Bonchev–Trinajstić information content (AvgIpc) is 2.96. The summed E-state index contributed by atoms with van der Waals surface area (Å²) in [6, 6.07) is -0.858. The lowest BCUT2D eigenvalue weighted by molar-refractivity contribution is -0.272. The van der Waals surface area contributed by atoms with E-state index in [4.69, 9.17) is 9.47 Å². The summed E-state index contributed by atoms with van der Waals surface area (Å²) in [6.07, 6.45) is 4.50. The first kappa shape index (κ1) is 21.0. The van der Waals surface area contributed by atoms with E-state index in [9.17, 15) is 20.1 Å². The molecule has 5 unspecified atom stereocenters. The van der Waals surface area contributed by atoms with Gasteiger partial charge in [0.25, 0.3) is 0 Å². The second-order valence-electron chi connectivity index (χ2n) is 9.19. The molecule has 0 aromatic heterocycles. The van der Waals surface area contributed by atoms with Crippen LogP contribution in [0.1, 0.15) is 58.8 Å². The van der Waals surface area contributed by atoms with Gasteiger partial charge in [-0.25, -0.2) is 0 Å². The zero-order valence-electron chi connectivity index (χ0n) is 16.5. The van der Waals surface area contributed by atoms with Crippen molar-refractivity contribution in [2.75, 3.05) is 13.2 Å². The van der Waals surface area contributed by atoms with E-state index in [1.807, 2.05) is 0 Å². The lowest BCUT2D eigenvalue weighted by Gasteiger charge is -2.42. The third kappa shape index (κ3) is 5.01. The van der Waals surface area contributed by atoms with Crippen molar-refractivity contribution in [2.45, 2.75) is 89.4 Å². The molecule has 2 aliphatic carbocycles. The van der Waals surface area contributed by atoms with Gasteiger partial charge in [-0.2, -0.15) is 0 Å². The predicted octanol–water partition coefficient (Wildman–Crippen LogP) is 0.943. The number of rotatable bonds is 7. The number of carbonyl (C=O) groups is 1. The second kappa shape index (κ2) is 8.74. The lowest BCUT2D eigenvalue weighted by atomic mass is 9.71. The van der Waals surface area contributed by atoms with Crippen LogP contribution in [0.5, 0.6) is 0 Å². The van der Waals surface area contributed by atoms with Gasteiger partial charge in [0.2, 0.25) is 5.91 Å². The number of carbonyl (C=O) groups excluding carboxylic acids is 1. The molecular formula is C20H35NO6. The Morgan fingerprint density at radius 2 is 1.96 bits per heavy atom. The minimum atomic E-state index is -1.27. The normalized spacial score (nSPS) is 42.7. The Morgan fingerprint density at radius 3 is 2.56 bits per heavy atom. The number of nitrogens with one attached hydrogen (secondary N) is 1. The highest BCUT2D eigenvalue weighted by Crippen LogP contribution is 2.49. The molecular weight excluding hydrogens is 350 g/mol. The summed E-state index contributed by atoms with van der Waals surface area (Å²) < 4.78 is 11.6. The standard InChI is InChI=1S/C20H35NO6/c1-12(23)21-16-18(25)17(24)15(10-22)27-19(16)26-11-14-6-7-20(2,9-14)8-13-4-3-5-13/h13-19,22,24-25H,3-11H2,1-2H3,(H,21,23)/t14?,15?,16?,17-,18?,19-,20?/m0/s1. The molecule has 27 heavy (non-hydrogen) atoms. The number of aliphatic hydroxyl groups is 3. The van der Waals surface area contributed by atoms with E-state index in [1.54, 1.807) is 0 Å². The first-order chi connectivity index (χ1) is 12.8. The van der Waals surface area contributed by atoms with Crippen molar-refractivity contribution in [1.29, 1.82) is 0 Å². The molecule has 2 saturated carbocycles.